The van der Waals surface area contributed by atoms with Crippen molar-refractivity contribution in [2.45, 2.75) is 32.4 Å². The number of nitrogens with zero attached hydrogens (tertiary/aromatic N) is 4. The third kappa shape index (κ3) is 4.67. The summed E-state index contributed by atoms with van der Waals surface area (Å²) in [6.45, 7) is 4.84. The summed E-state index contributed by atoms with van der Waals surface area (Å²) in [4.78, 5) is 25.9. The van der Waals surface area contributed by atoms with E-state index in [1.54, 1.807) is 12.1 Å². The maximum absolute atomic E-state index is 13.1. The molecule has 9 heteroatoms. The SMILES string of the molecule is CC(=O)NCCNC(=O)[C@H]1CN2CCC1C[C@@H]2Cn1cc(-c2ccc(F)cc2)nn1. The van der Waals surface area contributed by atoms with Crippen molar-refractivity contribution >= 4 is 11.8 Å². The van der Waals surface area contributed by atoms with E-state index < -0.39 is 0 Å². The van der Waals surface area contributed by atoms with Gasteiger partial charge in [0, 0.05) is 38.2 Å². The third-order valence-corrected chi connectivity index (χ3v) is 6.09. The van der Waals surface area contributed by atoms with Crippen molar-refractivity contribution < 1.29 is 14.0 Å². The number of rotatable bonds is 7. The van der Waals surface area contributed by atoms with E-state index in [4.69, 9.17) is 0 Å². The summed E-state index contributed by atoms with van der Waals surface area (Å²) in [6, 6.07) is 6.56. The van der Waals surface area contributed by atoms with Crippen LogP contribution in [0.5, 0.6) is 0 Å². The van der Waals surface area contributed by atoms with Gasteiger partial charge >= 0.3 is 0 Å². The zero-order chi connectivity index (χ0) is 21.1. The number of aromatic nitrogens is 3. The van der Waals surface area contributed by atoms with Gasteiger partial charge < -0.3 is 10.6 Å². The van der Waals surface area contributed by atoms with Gasteiger partial charge in [-0.3, -0.25) is 19.2 Å². The second kappa shape index (κ2) is 8.91. The summed E-state index contributed by atoms with van der Waals surface area (Å²) in [5.41, 5.74) is 1.56. The van der Waals surface area contributed by atoms with Crippen LogP contribution in [0.15, 0.2) is 30.5 Å². The Hall–Kier alpha value is -2.81. The molecule has 2 aromatic rings. The van der Waals surface area contributed by atoms with Gasteiger partial charge in [0.15, 0.2) is 0 Å². The molecule has 1 aromatic carbocycles. The van der Waals surface area contributed by atoms with Crippen LogP contribution in [-0.4, -0.2) is 63.9 Å². The number of amides is 2. The first-order chi connectivity index (χ1) is 14.5. The van der Waals surface area contributed by atoms with Crippen molar-refractivity contribution in [1.82, 2.24) is 30.5 Å². The number of halogens is 1. The summed E-state index contributed by atoms with van der Waals surface area (Å²) >= 11 is 0. The Bertz CT molecular complexity index is 899. The molecule has 30 heavy (non-hydrogen) atoms. The zero-order valence-corrected chi connectivity index (χ0v) is 17.1. The molecule has 2 unspecified atom stereocenters. The first-order valence-electron chi connectivity index (χ1n) is 10.4. The Morgan fingerprint density at radius 1 is 1.20 bits per heavy atom. The Kier molecular flexibility index (Phi) is 6.08. The van der Waals surface area contributed by atoms with Crippen LogP contribution in [0.1, 0.15) is 19.8 Å². The Balaban J connectivity index is 1.31. The number of hydrogen-bond donors (Lipinski definition) is 2. The second-order valence-corrected chi connectivity index (χ2v) is 8.15. The predicted molar refractivity (Wildman–Crippen MR) is 109 cm³/mol. The van der Waals surface area contributed by atoms with Crippen molar-refractivity contribution in [1.29, 1.82) is 0 Å². The van der Waals surface area contributed by atoms with E-state index in [1.807, 2.05) is 10.9 Å². The summed E-state index contributed by atoms with van der Waals surface area (Å²) in [7, 11) is 0. The van der Waals surface area contributed by atoms with E-state index >= 15 is 0 Å². The fourth-order valence-corrected chi connectivity index (χ4v) is 4.54. The van der Waals surface area contributed by atoms with E-state index in [0.29, 0.717) is 25.0 Å². The lowest BCUT2D eigenvalue weighted by Gasteiger charge is -2.49. The minimum atomic E-state index is -0.272. The number of fused-ring (bicyclic) bond motifs is 3. The Labute approximate surface area is 174 Å². The van der Waals surface area contributed by atoms with E-state index in [1.165, 1.54) is 19.1 Å². The van der Waals surface area contributed by atoms with Crippen LogP contribution in [0.3, 0.4) is 0 Å². The van der Waals surface area contributed by atoms with Gasteiger partial charge in [-0.15, -0.1) is 5.10 Å². The van der Waals surface area contributed by atoms with Crippen LogP contribution in [0.25, 0.3) is 11.3 Å². The minimum absolute atomic E-state index is 0.00199. The molecule has 2 bridgehead atoms. The van der Waals surface area contributed by atoms with Crippen molar-refractivity contribution in [3.8, 4) is 11.3 Å². The topological polar surface area (TPSA) is 92.2 Å². The average Bonchev–Trinajstić information content (AvgIpc) is 3.20. The van der Waals surface area contributed by atoms with Crippen molar-refractivity contribution in [2.75, 3.05) is 26.2 Å². The lowest BCUT2D eigenvalue weighted by atomic mass is 9.75. The molecule has 2 amide bonds. The second-order valence-electron chi connectivity index (χ2n) is 8.15. The highest BCUT2D eigenvalue weighted by Crippen LogP contribution is 2.37. The number of carbonyl (C=O) groups excluding carboxylic acids is 2. The number of hydrogen-bond acceptors (Lipinski definition) is 5. The van der Waals surface area contributed by atoms with Crippen LogP contribution >= 0.6 is 0 Å². The van der Waals surface area contributed by atoms with Gasteiger partial charge in [0.2, 0.25) is 11.8 Å². The Morgan fingerprint density at radius 2 is 1.97 bits per heavy atom. The van der Waals surface area contributed by atoms with E-state index in [2.05, 4.69) is 25.8 Å². The zero-order valence-electron chi connectivity index (χ0n) is 17.1. The highest BCUT2D eigenvalue weighted by Gasteiger charge is 2.43. The highest BCUT2D eigenvalue weighted by atomic mass is 19.1. The van der Waals surface area contributed by atoms with Gasteiger partial charge in [-0.05, 0) is 49.6 Å². The molecule has 160 valence electrons. The minimum Gasteiger partial charge on any atom is -0.355 e. The molecule has 0 spiro atoms. The molecule has 2 N–H and O–H groups in total. The van der Waals surface area contributed by atoms with Gasteiger partial charge in [0.1, 0.15) is 11.5 Å². The first-order valence-corrected chi connectivity index (χ1v) is 10.4. The quantitative estimate of drug-likeness (QED) is 0.661. The molecule has 4 heterocycles. The summed E-state index contributed by atoms with van der Waals surface area (Å²) in [5.74, 6) is 0.0723. The maximum Gasteiger partial charge on any atom is 0.224 e. The summed E-state index contributed by atoms with van der Waals surface area (Å²) in [5, 5.41) is 14.1. The van der Waals surface area contributed by atoms with Crippen LogP contribution in [0.4, 0.5) is 4.39 Å². The maximum atomic E-state index is 13.1. The summed E-state index contributed by atoms with van der Waals surface area (Å²) < 4.78 is 15.0. The van der Waals surface area contributed by atoms with E-state index in [-0.39, 0.29) is 23.5 Å². The molecular weight excluding hydrogens is 387 g/mol. The molecule has 0 radical (unpaired) electrons. The lowest BCUT2D eigenvalue weighted by molar-refractivity contribution is -0.133. The van der Waals surface area contributed by atoms with Gasteiger partial charge in [-0.25, -0.2) is 4.39 Å². The predicted octanol–water partition coefficient (Wildman–Crippen LogP) is 1.05. The molecule has 0 saturated carbocycles. The van der Waals surface area contributed by atoms with Crippen LogP contribution in [-0.2, 0) is 16.1 Å². The number of carbonyl (C=O) groups is 2. The standard InChI is InChI=1S/C21H27FN6O2/c1-14(29)23-7-8-24-21(30)19-12-27-9-6-16(19)10-18(27)11-28-13-20(25-26-28)15-2-4-17(22)5-3-15/h2-5,13,16,18-19H,6-12H2,1H3,(H,23,29)(H,24,30)/t16?,18-,19+/m1/s1. The molecule has 0 aliphatic carbocycles. The monoisotopic (exact) mass is 414 g/mol. The normalized spacial score (nSPS) is 25.1. The van der Waals surface area contributed by atoms with E-state index in [0.717, 1.165) is 43.7 Å². The first kappa shape index (κ1) is 20.5. The van der Waals surface area contributed by atoms with Crippen molar-refractivity contribution in [3.63, 3.8) is 0 Å². The third-order valence-electron chi connectivity index (χ3n) is 6.09. The number of benzene rings is 1. The molecule has 1 aromatic heterocycles. The van der Waals surface area contributed by atoms with Crippen LogP contribution < -0.4 is 10.6 Å². The Morgan fingerprint density at radius 3 is 2.67 bits per heavy atom. The number of nitrogens with one attached hydrogen (secondary N) is 2. The average molecular weight is 414 g/mol. The smallest absolute Gasteiger partial charge is 0.224 e. The number of piperidine rings is 3. The lowest BCUT2D eigenvalue weighted by Crippen LogP contribution is -2.58. The molecule has 3 saturated heterocycles. The van der Waals surface area contributed by atoms with Gasteiger partial charge in [0.05, 0.1) is 18.7 Å². The largest absolute Gasteiger partial charge is 0.355 e. The van der Waals surface area contributed by atoms with Gasteiger partial charge in [-0.2, -0.15) is 0 Å². The van der Waals surface area contributed by atoms with Gasteiger partial charge in [-0.1, -0.05) is 5.21 Å². The van der Waals surface area contributed by atoms with Crippen LogP contribution in [0, 0.1) is 17.7 Å². The summed E-state index contributed by atoms with van der Waals surface area (Å²) in [6.07, 6.45) is 3.87. The fourth-order valence-electron chi connectivity index (χ4n) is 4.54. The van der Waals surface area contributed by atoms with Crippen molar-refractivity contribution in [3.05, 3.63) is 36.3 Å². The highest BCUT2D eigenvalue weighted by molar-refractivity contribution is 5.79. The molecule has 3 aliphatic rings. The van der Waals surface area contributed by atoms with Crippen LogP contribution in [0.2, 0.25) is 0 Å². The molecule has 8 nitrogen and oxygen atoms in total. The molecule has 3 aliphatic heterocycles. The van der Waals surface area contributed by atoms with E-state index in [9.17, 15) is 14.0 Å². The molecule has 4 atom stereocenters. The van der Waals surface area contributed by atoms with Crippen molar-refractivity contribution in [2.24, 2.45) is 11.8 Å². The molecular formula is C21H27FN6O2. The molecule has 3 fully saturated rings. The fraction of sp³-hybridized carbons (Fsp3) is 0.524. The molecule has 5 rings (SSSR count). The van der Waals surface area contributed by atoms with Gasteiger partial charge in [0.25, 0.3) is 0 Å².